The van der Waals surface area contributed by atoms with Crippen LogP contribution < -0.4 is 4.74 Å². The van der Waals surface area contributed by atoms with E-state index in [2.05, 4.69) is 12.0 Å². The molecule has 0 N–H and O–H groups in total. The van der Waals surface area contributed by atoms with Gasteiger partial charge in [0.15, 0.2) is 0 Å². The van der Waals surface area contributed by atoms with E-state index in [1.54, 1.807) is 4.90 Å². The first kappa shape index (κ1) is 13.2. The number of ether oxygens (including phenoxy) is 1. The van der Waals surface area contributed by atoms with E-state index >= 15 is 0 Å². The van der Waals surface area contributed by atoms with Gasteiger partial charge in [0.2, 0.25) is 5.91 Å². The zero-order valence-electron chi connectivity index (χ0n) is 11.3. The molecule has 0 aromatic heterocycles. The van der Waals surface area contributed by atoms with E-state index in [-0.39, 0.29) is 12.5 Å². The minimum atomic E-state index is 0.157. The molecule has 1 heterocycles. The number of hydrogen-bond donors (Lipinski definition) is 0. The van der Waals surface area contributed by atoms with Gasteiger partial charge in [-0.3, -0.25) is 4.79 Å². The maximum Gasteiger partial charge on any atom is 0.227 e. The van der Waals surface area contributed by atoms with Gasteiger partial charge in [-0.25, -0.2) is 0 Å². The summed E-state index contributed by atoms with van der Waals surface area (Å²) in [6.07, 6.45) is 8.65. The van der Waals surface area contributed by atoms with Gasteiger partial charge in [0, 0.05) is 24.7 Å². The van der Waals surface area contributed by atoms with Crippen LogP contribution in [0, 0.1) is 19.3 Å². The van der Waals surface area contributed by atoms with Crippen molar-refractivity contribution in [3.63, 3.8) is 0 Å². The summed E-state index contributed by atoms with van der Waals surface area (Å²) >= 11 is 0. The number of allylic oxidation sites excluding steroid dienone is 1. The van der Waals surface area contributed by atoms with Gasteiger partial charge in [0.25, 0.3) is 0 Å². The van der Waals surface area contributed by atoms with Gasteiger partial charge in [-0.15, -0.1) is 6.42 Å². The number of rotatable bonds is 3. The number of nitrogens with zero attached hydrogens (tertiary/aromatic N) is 1. The Kier molecular flexibility index (Phi) is 3.91. The third-order valence-electron chi connectivity index (χ3n) is 3.23. The maximum atomic E-state index is 11.7. The number of aryl methyl sites for hydroxylation is 1. The molecule has 1 aromatic carbocycles. The van der Waals surface area contributed by atoms with Crippen LogP contribution in [-0.4, -0.2) is 24.5 Å². The summed E-state index contributed by atoms with van der Waals surface area (Å²) in [5, 5.41) is 0. The van der Waals surface area contributed by atoms with Crippen molar-refractivity contribution in [2.75, 3.05) is 13.7 Å². The fourth-order valence-electron chi connectivity index (χ4n) is 2.20. The molecular weight excluding hydrogens is 238 g/mol. The Morgan fingerprint density at radius 1 is 1.47 bits per heavy atom. The van der Waals surface area contributed by atoms with Crippen LogP contribution in [0.4, 0.5) is 0 Å². The summed E-state index contributed by atoms with van der Waals surface area (Å²) in [5.74, 6) is 3.35. The van der Waals surface area contributed by atoms with Gasteiger partial charge in [-0.2, -0.15) is 0 Å². The first-order valence-electron chi connectivity index (χ1n) is 6.27. The Balaban J connectivity index is 2.29. The van der Waals surface area contributed by atoms with Crippen LogP contribution in [0.3, 0.4) is 0 Å². The van der Waals surface area contributed by atoms with E-state index in [1.807, 2.05) is 32.2 Å². The highest BCUT2D eigenvalue weighted by Crippen LogP contribution is 2.28. The minimum absolute atomic E-state index is 0.157. The van der Waals surface area contributed by atoms with E-state index in [9.17, 15) is 4.79 Å². The zero-order chi connectivity index (χ0) is 13.8. The monoisotopic (exact) mass is 255 g/mol. The van der Waals surface area contributed by atoms with Crippen molar-refractivity contribution in [3.8, 4) is 18.1 Å². The molecule has 0 unspecified atom stereocenters. The molecule has 98 valence electrons. The minimum Gasteiger partial charge on any atom is -0.481 e. The van der Waals surface area contributed by atoms with Gasteiger partial charge in [-0.1, -0.05) is 12.0 Å². The molecule has 0 bridgehead atoms. The lowest BCUT2D eigenvalue weighted by molar-refractivity contribution is -0.127. The average Bonchev–Trinajstić information content (AvgIpc) is 2.40. The molecule has 0 saturated heterocycles. The van der Waals surface area contributed by atoms with Crippen LogP contribution in [0.5, 0.6) is 5.75 Å². The largest absolute Gasteiger partial charge is 0.481 e. The van der Waals surface area contributed by atoms with Gasteiger partial charge in [0.1, 0.15) is 12.4 Å². The van der Waals surface area contributed by atoms with Crippen LogP contribution in [0.15, 0.2) is 24.3 Å². The third-order valence-corrected chi connectivity index (χ3v) is 3.23. The third kappa shape index (κ3) is 2.79. The predicted molar refractivity (Wildman–Crippen MR) is 75.5 cm³/mol. The SMILES string of the molecule is C#CCOc1ccc(C2=CCCC(=O)N2C)c(C)c1. The number of carbonyl (C=O) groups excluding carboxylic acids is 1. The molecule has 19 heavy (non-hydrogen) atoms. The highest BCUT2D eigenvalue weighted by molar-refractivity contribution is 5.89. The van der Waals surface area contributed by atoms with Gasteiger partial charge in [0.05, 0.1) is 0 Å². The smallest absolute Gasteiger partial charge is 0.227 e. The van der Waals surface area contributed by atoms with Crippen molar-refractivity contribution in [3.05, 3.63) is 35.4 Å². The fourth-order valence-corrected chi connectivity index (χ4v) is 2.20. The Morgan fingerprint density at radius 3 is 2.95 bits per heavy atom. The Morgan fingerprint density at radius 2 is 2.26 bits per heavy atom. The van der Waals surface area contributed by atoms with E-state index in [0.29, 0.717) is 6.42 Å². The lowest BCUT2D eigenvalue weighted by Crippen LogP contribution is -2.27. The second kappa shape index (κ2) is 5.62. The standard InChI is InChI=1S/C16H17NO2/c1-4-10-19-13-8-9-14(12(2)11-13)15-6-5-7-16(18)17(15)3/h1,6,8-9,11H,5,7,10H2,2-3H3. The normalized spacial score (nSPS) is 14.9. The van der Waals surface area contributed by atoms with E-state index in [0.717, 1.165) is 29.0 Å². The van der Waals surface area contributed by atoms with E-state index < -0.39 is 0 Å². The van der Waals surface area contributed by atoms with Crippen LogP contribution in [0.25, 0.3) is 5.70 Å². The number of hydrogen-bond acceptors (Lipinski definition) is 2. The van der Waals surface area contributed by atoms with Crippen molar-refractivity contribution in [2.24, 2.45) is 0 Å². The van der Waals surface area contributed by atoms with Crippen molar-refractivity contribution < 1.29 is 9.53 Å². The summed E-state index contributed by atoms with van der Waals surface area (Å²) in [6, 6.07) is 5.80. The molecule has 0 fully saturated rings. The van der Waals surface area contributed by atoms with Crippen LogP contribution in [-0.2, 0) is 4.79 Å². The highest BCUT2D eigenvalue weighted by Gasteiger charge is 2.20. The number of terminal acetylenes is 1. The summed E-state index contributed by atoms with van der Waals surface area (Å²) in [7, 11) is 1.81. The lowest BCUT2D eigenvalue weighted by Gasteiger charge is -2.26. The van der Waals surface area contributed by atoms with Crippen LogP contribution in [0.2, 0.25) is 0 Å². The summed E-state index contributed by atoms with van der Waals surface area (Å²) in [5.41, 5.74) is 3.10. The zero-order valence-corrected chi connectivity index (χ0v) is 11.3. The summed E-state index contributed by atoms with van der Waals surface area (Å²) in [6.45, 7) is 2.27. The van der Waals surface area contributed by atoms with Crippen molar-refractivity contribution in [1.29, 1.82) is 0 Å². The van der Waals surface area contributed by atoms with Gasteiger partial charge < -0.3 is 9.64 Å². The van der Waals surface area contributed by atoms with Crippen LogP contribution >= 0.6 is 0 Å². The van der Waals surface area contributed by atoms with Crippen molar-refractivity contribution in [1.82, 2.24) is 4.90 Å². The molecular formula is C16H17NO2. The first-order chi connectivity index (χ1) is 9.13. The maximum absolute atomic E-state index is 11.7. The van der Waals surface area contributed by atoms with Gasteiger partial charge >= 0.3 is 0 Å². The van der Waals surface area contributed by atoms with E-state index in [1.165, 1.54) is 0 Å². The molecule has 0 spiro atoms. The van der Waals surface area contributed by atoms with Gasteiger partial charge in [-0.05, 0) is 37.1 Å². The molecule has 2 rings (SSSR count). The molecule has 1 aliphatic rings. The Labute approximate surface area is 113 Å². The number of benzene rings is 1. The molecule has 0 saturated carbocycles. The quantitative estimate of drug-likeness (QED) is 0.777. The van der Waals surface area contributed by atoms with Crippen LogP contribution in [0.1, 0.15) is 24.0 Å². The Bertz CT molecular complexity index is 567. The molecule has 3 heteroatoms. The molecule has 1 aromatic rings. The van der Waals surface area contributed by atoms with E-state index in [4.69, 9.17) is 11.2 Å². The topological polar surface area (TPSA) is 29.5 Å². The lowest BCUT2D eigenvalue weighted by atomic mass is 10.0. The summed E-state index contributed by atoms with van der Waals surface area (Å²) in [4.78, 5) is 13.5. The average molecular weight is 255 g/mol. The molecule has 0 aliphatic carbocycles. The number of amides is 1. The molecule has 3 nitrogen and oxygen atoms in total. The van der Waals surface area contributed by atoms with Crippen molar-refractivity contribution in [2.45, 2.75) is 19.8 Å². The highest BCUT2D eigenvalue weighted by atomic mass is 16.5. The van der Waals surface area contributed by atoms with Crippen molar-refractivity contribution >= 4 is 11.6 Å². The predicted octanol–water partition coefficient (Wildman–Crippen LogP) is 2.60. The molecule has 1 amide bonds. The molecule has 1 aliphatic heterocycles. The first-order valence-corrected chi connectivity index (χ1v) is 6.27. The second-order valence-corrected chi connectivity index (χ2v) is 4.55. The Hall–Kier alpha value is -2.21. The molecule has 0 radical (unpaired) electrons. The fraction of sp³-hybridized carbons (Fsp3) is 0.312. The number of carbonyl (C=O) groups is 1. The molecule has 0 atom stereocenters. The second-order valence-electron chi connectivity index (χ2n) is 4.55. The summed E-state index contributed by atoms with van der Waals surface area (Å²) < 4.78 is 5.39.